The van der Waals surface area contributed by atoms with Gasteiger partial charge in [0.1, 0.15) is 11.5 Å². The minimum absolute atomic E-state index is 0.196. The standard InChI is InChI=1S/C18H19ClO2/c1-2-3-4-5-18(20)14-6-10-16(11-7-14)21-17-12-8-15(19)9-13-17/h6-13H,2-5H2,1H3. The zero-order valence-corrected chi connectivity index (χ0v) is 12.9. The smallest absolute Gasteiger partial charge is 0.162 e. The summed E-state index contributed by atoms with van der Waals surface area (Å²) in [5, 5.41) is 0.676. The van der Waals surface area contributed by atoms with Crippen LogP contribution in [-0.2, 0) is 0 Å². The van der Waals surface area contributed by atoms with Gasteiger partial charge in [0.15, 0.2) is 5.78 Å². The number of benzene rings is 2. The fraction of sp³-hybridized carbons (Fsp3) is 0.278. The molecule has 0 aromatic heterocycles. The number of carbonyl (C=O) groups excluding carboxylic acids is 1. The molecule has 0 fully saturated rings. The minimum atomic E-state index is 0.196. The van der Waals surface area contributed by atoms with Crippen LogP contribution in [0.4, 0.5) is 0 Å². The van der Waals surface area contributed by atoms with Crippen LogP contribution in [0.15, 0.2) is 48.5 Å². The summed E-state index contributed by atoms with van der Waals surface area (Å²) >= 11 is 5.83. The molecule has 2 rings (SSSR count). The molecular formula is C18H19ClO2. The first-order chi connectivity index (χ1) is 10.2. The Kier molecular flexibility index (Phi) is 5.82. The van der Waals surface area contributed by atoms with E-state index in [1.165, 1.54) is 0 Å². The number of Topliss-reactive ketones (excluding diaryl/α,β-unsaturated/α-hetero) is 1. The van der Waals surface area contributed by atoms with Gasteiger partial charge in [0.2, 0.25) is 0 Å². The van der Waals surface area contributed by atoms with Gasteiger partial charge in [-0.15, -0.1) is 0 Å². The Balaban J connectivity index is 1.95. The Labute approximate surface area is 130 Å². The number of hydrogen-bond acceptors (Lipinski definition) is 2. The first kappa shape index (κ1) is 15.6. The summed E-state index contributed by atoms with van der Waals surface area (Å²) in [6, 6.07) is 14.5. The fourth-order valence-corrected chi connectivity index (χ4v) is 2.15. The molecule has 2 aromatic rings. The molecule has 0 spiro atoms. The van der Waals surface area contributed by atoms with Crippen molar-refractivity contribution in [3.63, 3.8) is 0 Å². The molecule has 2 aromatic carbocycles. The highest BCUT2D eigenvalue weighted by Crippen LogP contribution is 2.23. The molecule has 3 heteroatoms. The van der Waals surface area contributed by atoms with Crippen molar-refractivity contribution in [3.05, 3.63) is 59.1 Å². The van der Waals surface area contributed by atoms with Crippen LogP contribution in [-0.4, -0.2) is 5.78 Å². The fourth-order valence-electron chi connectivity index (χ4n) is 2.03. The number of hydrogen-bond donors (Lipinski definition) is 0. The van der Waals surface area contributed by atoms with E-state index in [4.69, 9.17) is 16.3 Å². The van der Waals surface area contributed by atoms with Gasteiger partial charge in [-0.3, -0.25) is 4.79 Å². The molecule has 0 unspecified atom stereocenters. The van der Waals surface area contributed by atoms with Crippen molar-refractivity contribution in [2.24, 2.45) is 0 Å². The quantitative estimate of drug-likeness (QED) is 0.470. The summed E-state index contributed by atoms with van der Waals surface area (Å²) in [5.41, 5.74) is 0.745. The Morgan fingerprint density at radius 2 is 1.52 bits per heavy atom. The van der Waals surface area contributed by atoms with Crippen LogP contribution in [0.25, 0.3) is 0 Å². The van der Waals surface area contributed by atoms with Crippen molar-refractivity contribution >= 4 is 17.4 Å². The predicted octanol–water partition coefficient (Wildman–Crippen LogP) is 5.90. The highest BCUT2D eigenvalue weighted by Gasteiger charge is 2.06. The lowest BCUT2D eigenvalue weighted by molar-refractivity contribution is 0.0979. The van der Waals surface area contributed by atoms with Crippen molar-refractivity contribution in [3.8, 4) is 11.5 Å². The van der Waals surface area contributed by atoms with E-state index in [0.29, 0.717) is 17.2 Å². The second-order valence-corrected chi connectivity index (χ2v) is 5.40. The monoisotopic (exact) mass is 302 g/mol. The number of carbonyl (C=O) groups is 1. The molecule has 2 nitrogen and oxygen atoms in total. The van der Waals surface area contributed by atoms with Gasteiger partial charge in [-0.1, -0.05) is 31.4 Å². The van der Waals surface area contributed by atoms with Gasteiger partial charge in [0.05, 0.1) is 0 Å². The molecule has 0 heterocycles. The highest BCUT2D eigenvalue weighted by atomic mass is 35.5. The molecule has 0 N–H and O–H groups in total. The van der Waals surface area contributed by atoms with Crippen molar-refractivity contribution in [2.75, 3.05) is 0 Å². The molecule has 0 aliphatic carbocycles. The summed E-state index contributed by atoms with van der Waals surface area (Å²) < 4.78 is 5.70. The van der Waals surface area contributed by atoms with Crippen LogP contribution in [0.2, 0.25) is 5.02 Å². The van der Waals surface area contributed by atoms with Gasteiger partial charge in [-0.2, -0.15) is 0 Å². The van der Waals surface area contributed by atoms with Crippen molar-refractivity contribution in [1.82, 2.24) is 0 Å². The normalized spacial score (nSPS) is 10.4. The number of rotatable bonds is 7. The third-order valence-corrected chi connectivity index (χ3v) is 3.49. The van der Waals surface area contributed by atoms with E-state index in [-0.39, 0.29) is 5.78 Å². The van der Waals surface area contributed by atoms with Gasteiger partial charge in [0, 0.05) is 17.0 Å². The van der Waals surface area contributed by atoms with E-state index >= 15 is 0 Å². The average molecular weight is 303 g/mol. The van der Waals surface area contributed by atoms with Gasteiger partial charge in [-0.05, 0) is 55.0 Å². The first-order valence-electron chi connectivity index (χ1n) is 7.25. The maximum absolute atomic E-state index is 12.0. The molecule has 0 amide bonds. The molecule has 0 saturated heterocycles. The summed E-state index contributed by atoms with van der Waals surface area (Å²) in [6.07, 6.45) is 3.80. The van der Waals surface area contributed by atoms with E-state index in [2.05, 4.69) is 6.92 Å². The summed E-state index contributed by atoms with van der Waals surface area (Å²) in [7, 11) is 0. The Bertz CT molecular complexity index is 573. The highest BCUT2D eigenvalue weighted by molar-refractivity contribution is 6.30. The van der Waals surface area contributed by atoms with Gasteiger partial charge in [0.25, 0.3) is 0 Å². The lowest BCUT2D eigenvalue weighted by Crippen LogP contribution is -1.98. The number of ether oxygens (including phenoxy) is 1. The van der Waals surface area contributed by atoms with Crippen molar-refractivity contribution < 1.29 is 9.53 Å². The minimum Gasteiger partial charge on any atom is -0.457 e. The lowest BCUT2D eigenvalue weighted by atomic mass is 10.0. The molecule has 0 aliphatic heterocycles. The zero-order chi connectivity index (χ0) is 15.1. The molecule has 21 heavy (non-hydrogen) atoms. The van der Waals surface area contributed by atoms with Crippen molar-refractivity contribution in [1.29, 1.82) is 0 Å². The van der Waals surface area contributed by atoms with Gasteiger partial charge < -0.3 is 4.74 Å². The van der Waals surface area contributed by atoms with Crippen LogP contribution in [0, 0.1) is 0 Å². The maximum atomic E-state index is 12.0. The molecule has 0 bridgehead atoms. The van der Waals surface area contributed by atoms with Gasteiger partial charge in [-0.25, -0.2) is 0 Å². The Morgan fingerprint density at radius 3 is 2.10 bits per heavy atom. The first-order valence-corrected chi connectivity index (χ1v) is 7.63. The molecule has 0 radical (unpaired) electrons. The van der Waals surface area contributed by atoms with Gasteiger partial charge >= 0.3 is 0 Å². The third-order valence-electron chi connectivity index (χ3n) is 3.23. The van der Waals surface area contributed by atoms with E-state index < -0.39 is 0 Å². The number of ketones is 1. The van der Waals surface area contributed by atoms with Crippen LogP contribution < -0.4 is 4.74 Å². The molecular weight excluding hydrogens is 284 g/mol. The average Bonchev–Trinajstić information content (AvgIpc) is 2.50. The molecule has 0 saturated carbocycles. The van der Waals surface area contributed by atoms with E-state index in [0.717, 1.165) is 30.6 Å². The largest absolute Gasteiger partial charge is 0.457 e. The van der Waals surface area contributed by atoms with E-state index in [1.54, 1.807) is 12.1 Å². The van der Waals surface area contributed by atoms with Crippen molar-refractivity contribution in [2.45, 2.75) is 32.6 Å². The molecule has 110 valence electrons. The van der Waals surface area contributed by atoms with Crippen LogP contribution in [0.5, 0.6) is 11.5 Å². The SMILES string of the molecule is CCCCCC(=O)c1ccc(Oc2ccc(Cl)cc2)cc1. The Morgan fingerprint density at radius 1 is 0.952 bits per heavy atom. The second-order valence-electron chi connectivity index (χ2n) is 4.96. The number of halogens is 1. The van der Waals surface area contributed by atoms with Crippen LogP contribution in [0.1, 0.15) is 43.0 Å². The molecule has 0 atom stereocenters. The predicted molar refractivity (Wildman–Crippen MR) is 86.4 cm³/mol. The third kappa shape index (κ3) is 4.91. The maximum Gasteiger partial charge on any atom is 0.162 e. The lowest BCUT2D eigenvalue weighted by Gasteiger charge is -2.06. The zero-order valence-electron chi connectivity index (χ0n) is 12.1. The molecule has 0 aliphatic rings. The summed E-state index contributed by atoms with van der Waals surface area (Å²) in [4.78, 5) is 12.0. The number of unbranched alkanes of at least 4 members (excludes halogenated alkanes) is 2. The van der Waals surface area contributed by atoms with Crippen LogP contribution in [0.3, 0.4) is 0 Å². The summed E-state index contributed by atoms with van der Waals surface area (Å²) in [6.45, 7) is 2.13. The van der Waals surface area contributed by atoms with E-state index in [1.807, 2.05) is 36.4 Å². The van der Waals surface area contributed by atoms with Crippen LogP contribution >= 0.6 is 11.6 Å². The second kappa shape index (κ2) is 7.84. The Hall–Kier alpha value is -1.80. The topological polar surface area (TPSA) is 26.3 Å². The van der Waals surface area contributed by atoms with E-state index in [9.17, 15) is 4.79 Å². The summed E-state index contributed by atoms with van der Waals surface area (Å²) in [5.74, 6) is 1.63.